The summed E-state index contributed by atoms with van der Waals surface area (Å²) in [5.41, 5.74) is 0.421. The summed E-state index contributed by atoms with van der Waals surface area (Å²) in [6.45, 7) is 2.57. The van der Waals surface area contributed by atoms with E-state index in [1.807, 2.05) is 6.92 Å². The lowest BCUT2D eigenvalue weighted by atomic mass is 10.0. The zero-order chi connectivity index (χ0) is 18.2. The number of anilines is 1. The minimum Gasteiger partial charge on any atom is -0.495 e. The number of piperidine rings is 1. The van der Waals surface area contributed by atoms with Crippen molar-refractivity contribution in [3.8, 4) is 5.75 Å². The van der Waals surface area contributed by atoms with Crippen molar-refractivity contribution >= 4 is 35.3 Å². The molecule has 8 heteroatoms. The molecule has 1 aromatic rings. The molecule has 2 amide bonds. The highest BCUT2D eigenvalue weighted by molar-refractivity contribution is 6.33. The van der Waals surface area contributed by atoms with Gasteiger partial charge >= 0.3 is 0 Å². The van der Waals surface area contributed by atoms with E-state index in [0.717, 1.165) is 32.0 Å². The molecule has 136 valence electrons. The molecule has 1 aliphatic rings. The van der Waals surface area contributed by atoms with E-state index in [9.17, 15) is 9.59 Å². The van der Waals surface area contributed by atoms with Crippen molar-refractivity contribution in [3.63, 3.8) is 0 Å². The summed E-state index contributed by atoms with van der Waals surface area (Å²) < 4.78 is 5.14. The number of halogens is 1. The van der Waals surface area contributed by atoms with Crippen LogP contribution in [0.25, 0.3) is 0 Å². The Labute approximate surface area is 151 Å². The summed E-state index contributed by atoms with van der Waals surface area (Å²) >= 11 is 5.90. The maximum absolute atomic E-state index is 12.1. The van der Waals surface area contributed by atoms with Crippen molar-refractivity contribution in [1.29, 1.82) is 0 Å². The number of rotatable bonds is 6. The Morgan fingerprint density at radius 3 is 2.96 bits per heavy atom. The predicted molar refractivity (Wildman–Crippen MR) is 96.1 cm³/mol. The summed E-state index contributed by atoms with van der Waals surface area (Å²) in [6.07, 6.45) is 4.10. The van der Waals surface area contributed by atoms with E-state index in [-0.39, 0.29) is 18.6 Å². The molecule has 1 heterocycles. The molecular weight excluding hydrogens is 346 g/mol. The molecule has 0 bridgehead atoms. The smallest absolute Gasteiger partial charge is 0.270 e. The van der Waals surface area contributed by atoms with Gasteiger partial charge in [0, 0.05) is 17.6 Å². The van der Waals surface area contributed by atoms with Crippen LogP contribution in [0.2, 0.25) is 5.02 Å². The zero-order valence-electron chi connectivity index (χ0n) is 14.3. The van der Waals surface area contributed by atoms with Gasteiger partial charge in [-0.2, -0.15) is 0 Å². The molecule has 1 aromatic carbocycles. The SMILES string of the molecule is COc1ccc(Cl)cc1NC(=O)/C=N\OCC(=O)N1CCCC[C@@H]1C. The average molecular weight is 368 g/mol. The third-order valence-electron chi connectivity index (χ3n) is 3.98. The summed E-state index contributed by atoms with van der Waals surface area (Å²) in [5, 5.41) is 6.60. The number of likely N-dealkylation sites (tertiary alicyclic amines) is 1. The first-order valence-corrected chi connectivity index (χ1v) is 8.48. The van der Waals surface area contributed by atoms with E-state index >= 15 is 0 Å². The van der Waals surface area contributed by atoms with Gasteiger partial charge in [-0.05, 0) is 44.4 Å². The quantitative estimate of drug-likeness (QED) is 0.619. The van der Waals surface area contributed by atoms with Crippen LogP contribution in [-0.4, -0.2) is 49.2 Å². The lowest BCUT2D eigenvalue weighted by Gasteiger charge is -2.32. The Bertz CT molecular complexity index is 651. The van der Waals surface area contributed by atoms with Crippen LogP contribution < -0.4 is 10.1 Å². The average Bonchev–Trinajstić information content (AvgIpc) is 2.59. The van der Waals surface area contributed by atoms with Gasteiger partial charge in [-0.15, -0.1) is 0 Å². The lowest BCUT2D eigenvalue weighted by Crippen LogP contribution is -2.43. The van der Waals surface area contributed by atoms with E-state index in [1.165, 1.54) is 7.11 Å². The third kappa shape index (κ3) is 5.63. The second-order valence-corrected chi connectivity index (χ2v) is 6.21. The summed E-state index contributed by atoms with van der Waals surface area (Å²) in [5.74, 6) is -0.165. The van der Waals surface area contributed by atoms with Crippen LogP contribution in [0.1, 0.15) is 26.2 Å². The van der Waals surface area contributed by atoms with Crippen molar-refractivity contribution in [2.75, 3.05) is 25.6 Å². The molecule has 0 aliphatic carbocycles. The fourth-order valence-electron chi connectivity index (χ4n) is 2.67. The van der Waals surface area contributed by atoms with Gasteiger partial charge < -0.3 is 19.8 Å². The van der Waals surface area contributed by atoms with Gasteiger partial charge in [0.1, 0.15) is 12.0 Å². The molecule has 1 aliphatic heterocycles. The van der Waals surface area contributed by atoms with Crippen LogP contribution in [0.15, 0.2) is 23.4 Å². The second kappa shape index (κ2) is 9.27. The molecule has 1 fully saturated rings. The van der Waals surface area contributed by atoms with Gasteiger partial charge in [0.15, 0.2) is 6.61 Å². The second-order valence-electron chi connectivity index (χ2n) is 5.77. The monoisotopic (exact) mass is 367 g/mol. The van der Waals surface area contributed by atoms with E-state index in [0.29, 0.717) is 16.5 Å². The first kappa shape index (κ1) is 19.1. The normalized spacial score (nSPS) is 17.4. The van der Waals surface area contributed by atoms with Crippen LogP contribution in [0, 0.1) is 0 Å². The molecule has 0 spiro atoms. The van der Waals surface area contributed by atoms with Gasteiger partial charge in [-0.25, -0.2) is 0 Å². The third-order valence-corrected chi connectivity index (χ3v) is 4.21. The Hall–Kier alpha value is -2.28. The van der Waals surface area contributed by atoms with Crippen LogP contribution in [0.3, 0.4) is 0 Å². The van der Waals surface area contributed by atoms with Crippen LogP contribution in [0.5, 0.6) is 5.75 Å². The van der Waals surface area contributed by atoms with E-state index < -0.39 is 5.91 Å². The fourth-order valence-corrected chi connectivity index (χ4v) is 2.84. The van der Waals surface area contributed by atoms with Crippen LogP contribution >= 0.6 is 11.6 Å². The predicted octanol–water partition coefficient (Wildman–Crippen LogP) is 2.69. The number of benzene rings is 1. The largest absolute Gasteiger partial charge is 0.495 e. The lowest BCUT2D eigenvalue weighted by molar-refractivity contribution is -0.139. The number of methoxy groups -OCH3 is 1. The highest BCUT2D eigenvalue weighted by Crippen LogP contribution is 2.27. The number of nitrogens with zero attached hydrogens (tertiary/aromatic N) is 2. The maximum atomic E-state index is 12.1. The highest BCUT2D eigenvalue weighted by atomic mass is 35.5. The molecule has 1 saturated heterocycles. The van der Waals surface area contributed by atoms with Gasteiger partial charge in [0.25, 0.3) is 11.8 Å². The van der Waals surface area contributed by atoms with Gasteiger partial charge in [0.2, 0.25) is 0 Å². The van der Waals surface area contributed by atoms with Crippen molar-refractivity contribution in [3.05, 3.63) is 23.2 Å². The van der Waals surface area contributed by atoms with Crippen molar-refractivity contribution in [2.45, 2.75) is 32.2 Å². The number of oxime groups is 1. The Balaban J connectivity index is 1.81. The summed E-state index contributed by atoms with van der Waals surface area (Å²) in [4.78, 5) is 30.6. The van der Waals surface area contributed by atoms with Gasteiger partial charge in [-0.1, -0.05) is 16.8 Å². The van der Waals surface area contributed by atoms with E-state index in [2.05, 4.69) is 10.5 Å². The number of carbonyl (C=O) groups is 2. The molecule has 1 atom stereocenters. The number of carbonyl (C=O) groups excluding carboxylic acids is 2. The fraction of sp³-hybridized carbons (Fsp3) is 0.471. The molecule has 0 aromatic heterocycles. The Kier molecular flexibility index (Phi) is 7.06. The molecule has 2 rings (SSSR count). The first-order valence-electron chi connectivity index (χ1n) is 8.10. The molecule has 7 nitrogen and oxygen atoms in total. The minimum atomic E-state index is -0.514. The molecule has 0 saturated carbocycles. The number of hydrogen-bond donors (Lipinski definition) is 1. The molecule has 0 unspecified atom stereocenters. The van der Waals surface area contributed by atoms with Crippen LogP contribution in [0.4, 0.5) is 5.69 Å². The highest BCUT2D eigenvalue weighted by Gasteiger charge is 2.23. The van der Waals surface area contributed by atoms with Gasteiger partial charge in [0.05, 0.1) is 12.8 Å². The summed E-state index contributed by atoms with van der Waals surface area (Å²) in [7, 11) is 1.49. The molecule has 25 heavy (non-hydrogen) atoms. The number of ether oxygens (including phenoxy) is 1. The van der Waals surface area contributed by atoms with Crippen molar-refractivity contribution in [2.24, 2.45) is 5.16 Å². The first-order chi connectivity index (χ1) is 12.0. The molecule has 0 radical (unpaired) electrons. The zero-order valence-corrected chi connectivity index (χ0v) is 15.1. The number of nitrogens with one attached hydrogen (secondary N) is 1. The molecular formula is C17H22ClN3O4. The van der Waals surface area contributed by atoms with Crippen molar-refractivity contribution < 1.29 is 19.2 Å². The summed E-state index contributed by atoms with van der Waals surface area (Å²) in [6, 6.07) is 5.08. The topological polar surface area (TPSA) is 80.2 Å². The number of amides is 2. The van der Waals surface area contributed by atoms with Gasteiger partial charge in [-0.3, -0.25) is 9.59 Å². The number of hydrogen-bond acceptors (Lipinski definition) is 5. The Morgan fingerprint density at radius 1 is 1.44 bits per heavy atom. The van der Waals surface area contributed by atoms with Crippen LogP contribution in [-0.2, 0) is 14.4 Å². The van der Waals surface area contributed by atoms with E-state index in [1.54, 1.807) is 23.1 Å². The maximum Gasteiger partial charge on any atom is 0.270 e. The minimum absolute atomic E-state index is 0.124. The van der Waals surface area contributed by atoms with E-state index in [4.69, 9.17) is 21.2 Å². The Morgan fingerprint density at radius 2 is 2.24 bits per heavy atom. The van der Waals surface area contributed by atoms with Crippen molar-refractivity contribution in [1.82, 2.24) is 4.90 Å². The molecule has 1 N–H and O–H groups in total. The standard InChI is InChI=1S/C17H22ClN3O4/c1-12-5-3-4-8-21(12)17(23)11-25-19-10-16(22)20-14-9-13(18)6-7-15(14)24-2/h6-7,9-10,12H,3-5,8,11H2,1-2H3,(H,20,22)/b19-10-/t12-/m0/s1.